The number of carbonyl (C=O) groups excluding carboxylic acids is 1. The maximum absolute atomic E-state index is 12.1. The summed E-state index contributed by atoms with van der Waals surface area (Å²) in [7, 11) is 1.77. The van der Waals surface area contributed by atoms with Crippen molar-refractivity contribution in [3.8, 4) is 0 Å². The van der Waals surface area contributed by atoms with E-state index >= 15 is 0 Å². The van der Waals surface area contributed by atoms with Crippen LogP contribution in [0.3, 0.4) is 0 Å². The quantitative estimate of drug-likeness (QED) is 0.919. The van der Waals surface area contributed by atoms with E-state index in [1.807, 2.05) is 0 Å². The number of benzene rings is 1. The Hall–Kier alpha value is -1.88. The number of carbonyl (C=O) groups is 2. The molecule has 0 radical (unpaired) electrons. The SMILES string of the molecule is CCc1ccccc1CN1CCC2(CC1)[C@H](C(=O)O)CC(=O)N2C. The molecule has 1 N–H and O–H groups in total. The smallest absolute Gasteiger partial charge is 0.309 e. The van der Waals surface area contributed by atoms with Gasteiger partial charge in [-0.2, -0.15) is 0 Å². The van der Waals surface area contributed by atoms with Crippen molar-refractivity contribution in [2.24, 2.45) is 5.92 Å². The first kappa shape index (κ1) is 17.0. The normalized spacial score (nSPS) is 23.8. The summed E-state index contributed by atoms with van der Waals surface area (Å²) in [6.07, 6.45) is 2.64. The third-order valence-electron chi connectivity index (χ3n) is 5.98. The van der Waals surface area contributed by atoms with Crippen LogP contribution in [-0.4, -0.2) is 52.5 Å². The van der Waals surface area contributed by atoms with Crippen molar-refractivity contribution in [2.45, 2.75) is 44.7 Å². The first-order valence-electron chi connectivity index (χ1n) is 8.76. The van der Waals surface area contributed by atoms with E-state index in [4.69, 9.17) is 0 Å². The Morgan fingerprint density at radius 3 is 2.46 bits per heavy atom. The van der Waals surface area contributed by atoms with Crippen LogP contribution in [0.25, 0.3) is 0 Å². The second-order valence-corrected chi connectivity index (χ2v) is 7.05. The fourth-order valence-corrected chi connectivity index (χ4v) is 4.38. The molecule has 0 saturated carbocycles. The highest BCUT2D eigenvalue weighted by atomic mass is 16.4. The minimum absolute atomic E-state index is 0.0350. The van der Waals surface area contributed by atoms with Crippen LogP contribution in [0.1, 0.15) is 37.3 Å². The maximum atomic E-state index is 12.1. The molecule has 2 saturated heterocycles. The molecule has 2 aliphatic heterocycles. The third kappa shape index (κ3) is 2.81. The molecule has 1 aromatic rings. The lowest BCUT2D eigenvalue weighted by Crippen LogP contribution is -2.55. The molecule has 5 heteroatoms. The van der Waals surface area contributed by atoms with Crippen LogP contribution in [0.5, 0.6) is 0 Å². The summed E-state index contributed by atoms with van der Waals surface area (Å²) in [6.45, 7) is 4.73. The number of piperidine rings is 1. The van der Waals surface area contributed by atoms with Crippen molar-refractivity contribution in [2.75, 3.05) is 20.1 Å². The minimum atomic E-state index is -0.836. The first-order valence-corrected chi connectivity index (χ1v) is 8.76. The topological polar surface area (TPSA) is 60.9 Å². The molecular formula is C19H26N2O3. The Labute approximate surface area is 143 Å². The summed E-state index contributed by atoms with van der Waals surface area (Å²) in [6, 6.07) is 8.49. The fourth-order valence-electron chi connectivity index (χ4n) is 4.38. The molecule has 0 aromatic heterocycles. The summed E-state index contributed by atoms with van der Waals surface area (Å²) < 4.78 is 0. The van der Waals surface area contributed by atoms with Crippen molar-refractivity contribution < 1.29 is 14.7 Å². The van der Waals surface area contributed by atoms with Gasteiger partial charge in [0.25, 0.3) is 0 Å². The van der Waals surface area contributed by atoms with Crippen molar-refractivity contribution >= 4 is 11.9 Å². The van der Waals surface area contributed by atoms with Crippen molar-refractivity contribution in [3.63, 3.8) is 0 Å². The number of hydrogen-bond donors (Lipinski definition) is 1. The Morgan fingerprint density at radius 2 is 1.88 bits per heavy atom. The number of nitrogens with zero attached hydrogens (tertiary/aromatic N) is 2. The Balaban J connectivity index is 1.71. The number of amides is 1. The lowest BCUT2D eigenvalue weighted by Gasteiger charge is -2.45. The Bertz CT molecular complexity index is 635. The molecular weight excluding hydrogens is 304 g/mol. The minimum Gasteiger partial charge on any atom is -0.481 e. The van der Waals surface area contributed by atoms with Crippen LogP contribution in [0, 0.1) is 5.92 Å². The van der Waals surface area contributed by atoms with E-state index in [0.717, 1.165) is 38.9 Å². The molecule has 5 nitrogen and oxygen atoms in total. The van der Waals surface area contributed by atoms with Gasteiger partial charge in [-0.15, -0.1) is 0 Å². The van der Waals surface area contributed by atoms with E-state index < -0.39 is 17.4 Å². The van der Waals surface area contributed by atoms with Gasteiger partial charge in [0, 0.05) is 33.1 Å². The van der Waals surface area contributed by atoms with Crippen molar-refractivity contribution in [1.29, 1.82) is 0 Å². The zero-order chi connectivity index (χ0) is 17.3. The number of aliphatic carboxylic acids is 1. The number of hydrogen-bond acceptors (Lipinski definition) is 3. The van der Waals surface area contributed by atoms with E-state index in [1.165, 1.54) is 11.1 Å². The van der Waals surface area contributed by atoms with Gasteiger partial charge in [0.1, 0.15) is 0 Å². The highest BCUT2D eigenvalue weighted by molar-refractivity contribution is 5.88. The van der Waals surface area contributed by atoms with Gasteiger partial charge in [-0.25, -0.2) is 0 Å². The average Bonchev–Trinajstić information content (AvgIpc) is 2.83. The summed E-state index contributed by atoms with van der Waals surface area (Å²) >= 11 is 0. The van der Waals surface area contributed by atoms with E-state index in [0.29, 0.717) is 0 Å². The zero-order valence-electron chi connectivity index (χ0n) is 14.5. The second-order valence-electron chi connectivity index (χ2n) is 7.05. The predicted molar refractivity (Wildman–Crippen MR) is 91.6 cm³/mol. The van der Waals surface area contributed by atoms with Crippen LogP contribution in [-0.2, 0) is 22.6 Å². The van der Waals surface area contributed by atoms with Gasteiger partial charge in [0.15, 0.2) is 0 Å². The molecule has 2 fully saturated rings. The highest BCUT2D eigenvalue weighted by Crippen LogP contribution is 2.43. The molecule has 1 atom stereocenters. The van der Waals surface area contributed by atoms with Crippen LogP contribution >= 0.6 is 0 Å². The molecule has 0 bridgehead atoms. The molecule has 2 heterocycles. The van der Waals surface area contributed by atoms with Gasteiger partial charge in [0.05, 0.1) is 11.5 Å². The highest BCUT2D eigenvalue weighted by Gasteiger charge is 2.55. The first-order chi connectivity index (χ1) is 11.5. The van der Waals surface area contributed by atoms with Gasteiger partial charge in [0.2, 0.25) is 5.91 Å². The average molecular weight is 330 g/mol. The summed E-state index contributed by atoms with van der Waals surface area (Å²) in [5.41, 5.74) is 2.22. The van der Waals surface area contributed by atoms with Crippen LogP contribution in [0.15, 0.2) is 24.3 Å². The van der Waals surface area contributed by atoms with Gasteiger partial charge in [-0.1, -0.05) is 31.2 Å². The molecule has 1 amide bonds. The van der Waals surface area contributed by atoms with Crippen LogP contribution in [0.4, 0.5) is 0 Å². The van der Waals surface area contributed by atoms with E-state index in [-0.39, 0.29) is 12.3 Å². The van der Waals surface area contributed by atoms with Crippen LogP contribution in [0.2, 0.25) is 0 Å². The van der Waals surface area contributed by atoms with Crippen molar-refractivity contribution in [1.82, 2.24) is 9.80 Å². The standard InChI is InChI=1S/C19H26N2O3/c1-3-14-6-4-5-7-15(14)13-21-10-8-19(9-11-21)16(18(23)24)12-17(22)20(19)2/h4-7,16H,3,8-13H2,1-2H3,(H,23,24)/t16-/m0/s1. The van der Waals surface area contributed by atoms with E-state index in [2.05, 4.69) is 36.1 Å². The molecule has 2 aliphatic rings. The number of carboxylic acid groups (broad SMARTS) is 1. The molecule has 0 aliphatic carbocycles. The summed E-state index contributed by atoms with van der Waals surface area (Å²) in [5.74, 6) is -1.44. The third-order valence-corrected chi connectivity index (χ3v) is 5.98. The van der Waals surface area contributed by atoms with Gasteiger partial charge in [-0.3, -0.25) is 14.5 Å². The Kier molecular flexibility index (Phi) is 4.63. The maximum Gasteiger partial charge on any atom is 0.309 e. The fraction of sp³-hybridized carbons (Fsp3) is 0.579. The molecule has 3 rings (SSSR count). The lowest BCUT2D eigenvalue weighted by molar-refractivity contribution is -0.146. The largest absolute Gasteiger partial charge is 0.481 e. The van der Waals surface area contributed by atoms with E-state index in [1.54, 1.807) is 11.9 Å². The molecule has 1 spiro atoms. The number of likely N-dealkylation sites (tertiary alicyclic amines) is 2. The monoisotopic (exact) mass is 330 g/mol. The van der Waals surface area contributed by atoms with E-state index in [9.17, 15) is 14.7 Å². The van der Waals surface area contributed by atoms with Gasteiger partial charge < -0.3 is 10.0 Å². The molecule has 24 heavy (non-hydrogen) atoms. The summed E-state index contributed by atoms with van der Waals surface area (Å²) in [4.78, 5) is 27.8. The summed E-state index contributed by atoms with van der Waals surface area (Å²) in [5, 5.41) is 9.54. The second kappa shape index (κ2) is 6.55. The molecule has 1 aromatic carbocycles. The van der Waals surface area contributed by atoms with Crippen molar-refractivity contribution in [3.05, 3.63) is 35.4 Å². The number of carboxylic acids is 1. The number of aryl methyl sites for hydroxylation is 1. The number of rotatable bonds is 4. The molecule has 130 valence electrons. The zero-order valence-corrected chi connectivity index (χ0v) is 14.5. The van der Waals surface area contributed by atoms with Gasteiger partial charge >= 0.3 is 5.97 Å². The molecule has 0 unspecified atom stereocenters. The van der Waals surface area contributed by atoms with Gasteiger partial charge in [-0.05, 0) is 30.4 Å². The Morgan fingerprint density at radius 1 is 1.25 bits per heavy atom. The predicted octanol–water partition coefficient (Wildman–Crippen LogP) is 2.15. The van der Waals surface area contributed by atoms with Crippen LogP contribution < -0.4 is 0 Å². The lowest BCUT2D eigenvalue weighted by atomic mass is 9.77.